The molecule has 142 valence electrons. The number of hydrogen-bond donors (Lipinski definition) is 1. The molecule has 1 N–H and O–H groups in total. The fourth-order valence-corrected chi connectivity index (χ4v) is 4.02. The van der Waals surface area contributed by atoms with E-state index in [9.17, 15) is 9.59 Å². The third kappa shape index (κ3) is 5.31. The van der Waals surface area contributed by atoms with Gasteiger partial charge in [-0.2, -0.15) is 0 Å². The number of rotatable bonds is 7. The summed E-state index contributed by atoms with van der Waals surface area (Å²) in [6, 6.07) is 8.07. The molecule has 1 aromatic carbocycles. The zero-order chi connectivity index (χ0) is 18.4. The summed E-state index contributed by atoms with van der Waals surface area (Å²) in [6.07, 6.45) is 5.60. The molecule has 2 aliphatic rings. The highest BCUT2D eigenvalue weighted by atomic mass is 16.2. The van der Waals surface area contributed by atoms with Gasteiger partial charge >= 0.3 is 0 Å². The van der Waals surface area contributed by atoms with Gasteiger partial charge in [0.05, 0.1) is 0 Å². The van der Waals surface area contributed by atoms with Crippen LogP contribution in [0.3, 0.4) is 0 Å². The molecule has 2 saturated heterocycles. The summed E-state index contributed by atoms with van der Waals surface area (Å²) in [6.45, 7) is 6.80. The second-order valence-corrected chi connectivity index (χ2v) is 7.60. The van der Waals surface area contributed by atoms with E-state index in [2.05, 4.69) is 29.3 Å². The normalized spacial score (nSPS) is 21.2. The van der Waals surface area contributed by atoms with Crippen molar-refractivity contribution in [1.29, 1.82) is 0 Å². The van der Waals surface area contributed by atoms with Crippen LogP contribution in [-0.4, -0.2) is 54.3 Å². The van der Waals surface area contributed by atoms with Crippen molar-refractivity contribution in [1.82, 2.24) is 9.80 Å². The summed E-state index contributed by atoms with van der Waals surface area (Å²) < 4.78 is 0. The van der Waals surface area contributed by atoms with Crippen molar-refractivity contribution in [2.45, 2.75) is 45.4 Å². The highest BCUT2D eigenvalue weighted by molar-refractivity contribution is 5.90. The van der Waals surface area contributed by atoms with Crippen LogP contribution in [0.25, 0.3) is 0 Å². The van der Waals surface area contributed by atoms with Gasteiger partial charge in [0.2, 0.25) is 11.8 Å². The Hall–Kier alpha value is -1.88. The fraction of sp³-hybridized carbons (Fsp3) is 0.619. The van der Waals surface area contributed by atoms with Crippen molar-refractivity contribution >= 4 is 17.5 Å². The van der Waals surface area contributed by atoms with E-state index in [1.807, 2.05) is 17.0 Å². The van der Waals surface area contributed by atoms with Gasteiger partial charge in [-0.15, -0.1) is 0 Å². The van der Waals surface area contributed by atoms with Crippen LogP contribution in [0.15, 0.2) is 24.3 Å². The van der Waals surface area contributed by atoms with Gasteiger partial charge in [-0.3, -0.25) is 9.59 Å². The zero-order valence-corrected chi connectivity index (χ0v) is 15.9. The number of carbonyl (C=O) groups is 2. The number of nitrogens with one attached hydrogen (secondary N) is 1. The molecule has 5 nitrogen and oxygen atoms in total. The van der Waals surface area contributed by atoms with Crippen molar-refractivity contribution in [2.24, 2.45) is 5.92 Å². The molecule has 1 aromatic rings. The van der Waals surface area contributed by atoms with Crippen LogP contribution >= 0.6 is 0 Å². The highest BCUT2D eigenvalue weighted by Gasteiger charge is 2.26. The Morgan fingerprint density at radius 2 is 2.00 bits per heavy atom. The molecular formula is C21H31N3O2. The van der Waals surface area contributed by atoms with E-state index in [-0.39, 0.29) is 5.91 Å². The van der Waals surface area contributed by atoms with Gasteiger partial charge in [-0.1, -0.05) is 19.1 Å². The quantitative estimate of drug-likeness (QED) is 0.816. The van der Waals surface area contributed by atoms with Gasteiger partial charge < -0.3 is 15.1 Å². The van der Waals surface area contributed by atoms with E-state index in [1.165, 1.54) is 12.0 Å². The van der Waals surface area contributed by atoms with Crippen LogP contribution in [0.2, 0.25) is 0 Å². The molecule has 26 heavy (non-hydrogen) atoms. The first-order chi connectivity index (χ1) is 12.6. The third-order valence-corrected chi connectivity index (χ3v) is 5.55. The number of aryl methyl sites for hydroxylation is 1. The van der Waals surface area contributed by atoms with Crippen molar-refractivity contribution in [2.75, 3.05) is 38.0 Å². The van der Waals surface area contributed by atoms with E-state index >= 15 is 0 Å². The summed E-state index contributed by atoms with van der Waals surface area (Å²) in [5.41, 5.74) is 2.15. The maximum absolute atomic E-state index is 12.2. The number of carbonyl (C=O) groups excluding carboxylic acids is 2. The van der Waals surface area contributed by atoms with E-state index < -0.39 is 0 Å². The molecule has 0 saturated carbocycles. The third-order valence-electron chi connectivity index (χ3n) is 5.55. The van der Waals surface area contributed by atoms with Gasteiger partial charge in [-0.05, 0) is 55.8 Å². The minimum atomic E-state index is 0.0751. The number of hydrogen-bond acceptors (Lipinski definition) is 3. The Morgan fingerprint density at radius 1 is 1.19 bits per heavy atom. The van der Waals surface area contributed by atoms with Crippen LogP contribution in [0.5, 0.6) is 0 Å². The van der Waals surface area contributed by atoms with E-state index in [4.69, 9.17) is 0 Å². The number of nitrogens with zero attached hydrogens (tertiary/aromatic N) is 2. The summed E-state index contributed by atoms with van der Waals surface area (Å²) in [5, 5.41) is 2.99. The first kappa shape index (κ1) is 18.9. The Labute approximate surface area is 156 Å². The molecule has 0 aromatic heterocycles. The van der Waals surface area contributed by atoms with Gasteiger partial charge in [0.25, 0.3) is 0 Å². The molecule has 2 aliphatic heterocycles. The molecule has 2 fully saturated rings. The molecule has 5 heteroatoms. The second kappa shape index (κ2) is 9.17. The molecule has 3 rings (SSSR count). The summed E-state index contributed by atoms with van der Waals surface area (Å²) in [4.78, 5) is 28.5. The summed E-state index contributed by atoms with van der Waals surface area (Å²) >= 11 is 0. The Balaban J connectivity index is 1.40. The largest absolute Gasteiger partial charge is 0.342 e. The Bertz CT molecular complexity index is 614. The molecule has 2 heterocycles. The number of anilines is 1. The Morgan fingerprint density at radius 3 is 2.69 bits per heavy atom. The molecule has 0 bridgehead atoms. The van der Waals surface area contributed by atoms with E-state index in [0.29, 0.717) is 18.2 Å². The number of amides is 2. The van der Waals surface area contributed by atoms with Crippen LogP contribution in [0.4, 0.5) is 5.69 Å². The topological polar surface area (TPSA) is 52.7 Å². The lowest BCUT2D eigenvalue weighted by Crippen LogP contribution is -2.42. The monoisotopic (exact) mass is 357 g/mol. The maximum atomic E-state index is 12.2. The predicted molar refractivity (Wildman–Crippen MR) is 104 cm³/mol. The lowest BCUT2D eigenvalue weighted by atomic mass is 9.97. The lowest BCUT2D eigenvalue weighted by molar-refractivity contribution is -0.128. The minimum Gasteiger partial charge on any atom is -0.342 e. The fourth-order valence-electron chi connectivity index (χ4n) is 4.02. The molecule has 2 amide bonds. The second-order valence-electron chi connectivity index (χ2n) is 7.60. The van der Waals surface area contributed by atoms with Crippen LogP contribution < -0.4 is 5.32 Å². The van der Waals surface area contributed by atoms with Crippen molar-refractivity contribution in [3.05, 3.63) is 29.8 Å². The SMILES string of the molecule is CCc1ccc(NC(=O)CCN2CCC[C@@H](CN3CCCC3=O)C2)cc1. The molecular weight excluding hydrogens is 326 g/mol. The molecule has 0 unspecified atom stereocenters. The van der Waals surface area contributed by atoms with Gasteiger partial charge in [0.1, 0.15) is 0 Å². The number of piperidine rings is 1. The summed E-state index contributed by atoms with van der Waals surface area (Å²) in [7, 11) is 0. The number of benzene rings is 1. The van der Waals surface area contributed by atoms with Gasteiger partial charge in [0.15, 0.2) is 0 Å². The predicted octanol–water partition coefficient (Wildman–Crippen LogP) is 2.91. The molecule has 1 atom stereocenters. The van der Waals surface area contributed by atoms with Crippen LogP contribution in [0, 0.1) is 5.92 Å². The van der Waals surface area contributed by atoms with Crippen molar-refractivity contribution < 1.29 is 9.59 Å². The van der Waals surface area contributed by atoms with E-state index in [0.717, 1.165) is 64.1 Å². The molecule has 0 spiro atoms. The molecule has 0 radical (unpaired) electrons. The van der Waals surface area contributed by atoms with E-state index in [1.54, 1.807) is 0 Å². The standard InChI is InChI=1S/C21H31N3O2/c1-2-17-7-9-19(10-8-17)22-20(25)11-14-23-12-3-5-18(15-23)16-24-13-4-6-21(24)26/h7-10,18H,2-6,11-16H2,1H3,(H,22,25)/t18-/m1/s1. The van der Waals surface area contributed by atoms with Gasteiger partial charge in [-0.25, -0.2) is 0 Å². The minimum absolute atomic E-state index is 0.0751. The van der Waals surface area contributed by atoms with Crippen molar-refractivity contribution in [3.63, 3.8) is 0 Å². The smallest absolute Gasteiger partial charge is 0.225 e. The van der Waals surface area contributed by atoms with Crippen LogP contribution in [0.1, 0.15) is 44.6 Å². The first-order valence-corrected chi connectivity index (χ1v) is 10.0. The molecule has 0 aliphatic carbocycles. The summed E-state index contributed by atoms with van der Waals surface area (Å²) in [5.74, 6) is 0.942. The highest BCUT2D eigenvalue weighted by Crippen LogP contribution is 2.20. The average Bonchev–Trinajstić information content (AvgIpc) is 3.06. The maximum Gasteiger partial charge on any atom is 0.225 e. The lowest BCUT2D eigenvalue weighted by Gasteiger charge is -2.34. The zero-order valence-electron chi connectivity index (χ0n) is 15.9. The van der Waals surface area contributed by atoms with Gasteiger partial charge in [0, 0.05) is 44.7 Å². The Kier molecular flexibility index (Phi) is 6.67. The van der Waals surface area contributed by atoms with Crippen molar-refractivity contribution in [3.8, 4) is 0 Å². The van der Waals surface area contributed by atoms with Crippen LogP contribution in [-0.2, 0) is 16.0 Å². The first-order valence-electron chi connectivity index (χ1n) is 10.0. The number of likely N-dealkylation sites (tertiary alicyclic amines) is 2. The average molecular weight is 357 g/mol.